The Labute approximate surface area is 143 Å². The molecule has 1 atom stereocenters. The monoisotopic (exact) mass is 396 g/mol. The number of nitrogens with two attached hydrogens (primary N) is 1. The highest BCUT2D eigenvalue weighted by atomic mass is 79.9. The summed E-state index contributed by atoms with van der Waals surface area (Å²) in [4.78, 5) is 12.1. The van der Waals surface area contributed by atoms with Crippen LogP contribution in [0.3, 0.4) is 0 Å². The summed E-state index contributed by atoms with van der Waals surface area (Å²) in [7, 11) is -3.64. The van der Waals surface area contributed by atoms with E-state index in [9.17, 15) is 13.2 Å². The van der Waals surface area contributed by atoms with Crippen LogP contribution < -0.4 is 11.1 Å². The lowest BCUT2D eigenvalue weighted by Gasteiger charge is -2.11. The van der Waals surface area contributed by atoms with Crippen molar-refractivity contribution in [1.82, 2.24) is 0 Å². The number of hydrogen-bond acceptors (Lipinski definition) is 4. The molecule has 3 N–H and O–H groups in total. The first-order chi connectivity index (χ1) is 10.8. The molecule has 1 unspecified atom stereocenters. The molecule has 0 aliphatic carbocycles. The number of benzene rings is 2. The van der Waals surface area contributed by atoms with Crippen LogP contribution in [0.5, 0.6) is 0 Å². The Balaban J connectivity index is 2.32. The molecule has 0 aliphatic heterocycles. The lowest BCUT2D eigenvalue weighted by atomic mass is 10.2. The lowest BCUT2D eigenvalue weighted by Crippen LogP contribution is -2.34. The quantitative estimate of drug-likeness (QED) is 0.812. The molecule has 2 aromatic rings. The first-order valence-electron chi connectivity index (χ1n) is 7.01. The highest BCUT2D eigenvalue weighted by Gasteiger charge is 2.18. The maximum Gasteiger partial charge on any atom is 0.241 e. The summed E-state index contributed by atoms with van der Waals surface area (Å²) in [5.41, 5.74) is 6.06. The van der Waals surface area contributed by atoms with E-state index in [1.165, 1.54) is 24.3 Å². The summed E-state index contributed by atoms with van der Waals surface area (Å²) in [6.45, 7) is 1.80. The van der Waals surface area contributed by atoms with E-state index in [0.29, 0.717) is 12.1 Å². The molecule has 1 amide bonds. The number of amides is 1. The number of nitrogens with one attached hydrogen (secondary N) is 1. The molecule has 0 fully saturated rings. The first-order valence-corrected chi connectivity index (χ1v) is 9.29. The molecule has 0 aromatic heterocycles. The second-order valence-electron chi connectivity index (χ2n) is 4.99. The van der Waals surface area contributed by atoms with E-state index in [-0.39, 0.29) is 15.7 Å². The fourth-order valence-electron chi connectivity index (χ4n) is 1.91. The van der Waals surface area contributed by atoms with E-state index in [1.54, 1.807) is 31.2 Å². The number of halogens is 1. The number of sulfone groups is 1. The fraction of sp³-hybridized carbons (Fsp3) is 0.188. The number of anilines is 1. The van der Waals surface area contributed by atoms with Gasteiger partial charge in [-0.3, -0.25) is 4.79 Å². The molecule has 0 saturated carbocycles. The topological polar surface area (TPSA) is 89.3 Å². The van der Waals surface area contributed by atoms with Crippen LogP contribution in [0.1, 0.15) is 13.3 Å². The standard InChI is InChI=1S/C16H17BrN2O3S/c1-2-15(18)16(20)19-12-4-3-5-14(10-12)23(21,22)13-8-6-11(17)7-9-13/h3-10,15H,2,18H2,1H3,(H,19,20). The molecular weight excluding hydrogens is 380 g/mol. The highest BCUT2D eigenvalue weighted by molar-refractivity contribution is 9.10. The normalized spacial score (nSPS) is 12.7. The van der Waals surface area contributed by atoms with Gasteiger partial charge in [0.25, 0.3) is 0 Å². The summed E-state index contributed by atoms with van der Waals surface area (Å²) >= 11 is 3.27. The SMILES string of the molecule is CCC(N)C(=O)Nc1cccc(S(=O)(=O)c2ccc(Br)cc2)c1. The van der Waals surface area contributed by atoms with Gasteiger partial charge in [-0.15, -0.1) is 0 Å². The third-order valence-electron chi connectivity index (χ3n) is 3.31. The van der Waals surface area contributed by atoms with Crippen LogP contribution >= 0.6 is 15.9 Å². The molecule has 0 saturated heterocycles. The molecule has 7 heteroatoms. The Morgan fingerprint density at radius 3 is 2.43 bits per heavy atom. The van der Waals surface area contributed by atoms with Crippen LogP contribution in [0.25, 0.3) is 0 Å². The second kappa shape index (κ2) is 7.25. The Kier molecular flexibility index (Phi) is 5.56. The van der Waals surface area contributed by atoms with Gasteiger partial charge in [0.15, 0.2) is 0 Å². The number of carbonyl (C=O) groups is 1. The van der Waals surface area contributed by atoms with Crippen molar-refractivity contribution in [3.63, 3.8) is 0 Å². The molecule has 5 nitrogen and oxygen atoms in total. The van der Waals surface area contributed by atoms with Gasteiger partial charge in [-0.1, -0.05) is 28.9 Å². The van der Waals surface area contributed by atoms with Crippen LogP contribution in [0.4, 0.5) is 5.69 Å². The van der Waals surface area contributed by atoms with Gasteiger partial charge >= 0.3 is 0 Å². The summed E-state index contributed by atoms with van der Waals surface area (Å²) in [5.74, 6) is -0.342. The van der Waals surface area contributed by atoms with E-state index in [2.05, 4.69) is 21.2 Å². The van der Waals surface area contributed by atoms with Crippen LogP contribution in [0, 0.1) is 0 Å². The van der Waals surface area contributed by atoms with E-state index in [0.717, 1.165) is 4.47 Å². The van der Waals surface area contributed by atoms with Crippen molar-refractivity contribution in [3.05, 3.63) is 53.0 Å². The molecule has 2 aromatic carbocycles. The van der Waals surface area contributed by atoms with Crippen molar-refractivity contribution in [2.75, 3.05) is 5.32 Å². The lowest BCUT2D eigenvalue weighted by molar-refractivity contribution is -0.117. The predicted molar refractivity (Wildman–Crippen MR) is 92.9 cm³/mol. The summed E-state index contributed by atoms with van der Waals surface area (Å²) in [5, 5.41) is 2.63. The Bertz CT molecular complexity index is 804. The van der Waals surface area contributed by atoms with Gasteiger partial charge < -0.3 is 11.1 Å². The second-order valence-corrected chi connectivity index (χ2v) is 7.85. The van der Waals surface area contributed by atoms with Gasteiger partial charge in [-0.25, -0.2) is 8.42 Å². The Hall–Kier alpha value is -1.70. The minimum atomic E-state index is -3.64. The molecule has 0 bridgehead atoms. The van der Waals surface area contributed by atoms with E-state index >= 15 is 0 Å². The van der Waals surface area contributed by atoms with Gasteiger partial charge in [-0.05, 0) is 48.9 Å². The molecule has 0 heterocycles. The first kappa shape index (κ1) is 17.7. The van der Waals surface area contributed by atoms with Crippen molar-refractivity contribution in [2.45, 2.75) is 29.2 Å². The summed E-state index contributed by atoms with van der Waals surface area (Å²) in [6, 6.07) is 11.9. The Morgan fingerprint density at radius 2 is 1.83 bits per heavy atom. The van der Waals surface area contributed by atoms with Gasteiger partial charge in [0.1, 0.15) is 0 Å². The van der Waals surface area contributed by atoms with Crippen molar-refractivity contribution < 1.29 is 13.2 Å². The third kappa shape index (κ3) is 4.19. The van der Waals surface area contributed by atoms with Crippen molar-refractivity contribution >= 4 is 37.4 Å². The number of rotatable bonds is 5. The Morgan fingerprint density at radius 1 is 1.17 bits per heavy atom. The number of carbonyl (C=O) groups excluding carboxylic acids is 1. The predicted octanol–water partition coefficient (Wildman–Crippen LogP) is 2.96. The van der Waals surface area contributed by atoms with Crippen LogP contribution in [0.2, 0.25) is 0 Å². The maximum absolute atomic E-state index is 12.6. The summed E-state index contributed by atoms with van der Waals surface area (Å²) < 4.78 is 26.0. The smallest absolute Gasteiger partial charge is 0.241 e. The zero-order chi connectivity index (χ0) is 17.0. The largest absolute Gasteiger partial charge is 0.325 e. The van der Waals surface area contributed by atoms with Gasteiger partial charge in [0, 0.05) is 10.2 Å². The molecule has 0 radical (unpaired) electrons. The van der Waals surface area contributed by atoms with Crippen molar-refractivity contribution in [2.24, 2.45) is 5.73 Å². The average molecular weight is 397 g/mol. The van der Waals surface area contributed by atoms with Gasteiger partial charge in [0.2, 0.25) is 15.7 Å². The van der Waals surface area contributed by atoms with Crippen molar-refractivity contribution in [1.29, 1.82) is 0 Å². The minimum absolute atomic E-state index is 0.114. The van der Waals surface area contributed by atoms with E-state index in [4.69, 9.17) is 5.73 Å². The minimum Gasteiger partial charge on any atom is -0.325 e. The molecule has 0 aliphatic rings. The van der Waals surface area contributed by atoms with E-state index in [1.807, 2.05) is 0 Å². The van der Waals surface area contributed by atoms with Crippen LogP contribution in [0.15, 0.2) is 62.8 Å². The molecule has 2 rings (SSSR count). The van der Waals surface area contributed by atoms with Gasteiger partial charge in [-0.2, -0.15) is 0 Å². The zero-order valence-corrected chi connectivity index (χ0v) is 14.9. The highest BCUT2D eigenvalue weighted by Crippen LogP contribution is 2.24. The van der Waals surface area contributed by atoms with Crippen molar-refractivity contribution in [3.8, 4) is 0 Å². The average Bonchev–Trinajstić information content (AvgIpc) is 2.54. The molecule has 0 spiro atoms. The number of hydrogen-bond donors (Lipinski definition) is 2. The molecular formula is C16H17BrN2O3S. The van der Waals surface area contributed by atoms with Crippen LogP contribution in [-0.4, -0.2) is 20.4 Å². The van der Waals surface area contributed by atoms with Gasteiger partial charge in [0.05, 0.1) is 15.8 Å². The fourth-order valence-corrected chi connectivity index (χ4v) is 3.48. The maximum atomic E-state index is 12.6. The third-order valence-corrected chi connectivity index (χ3v) is 5.61. The zero-order valence-electron chi connectivity index (χ0n) is 12.5. The van der Waals surface area contributed by atoms with E-state index < -0.39 is 15.9 Å². The summed E-state index contributed by atoms with van der Waals surface area (Å²) in [6.07, 6.45) is 0.503. The molecule has 23 heavy (non-hydrogen) atoms. The molecule has 122 valence electrons. The van der Waals surface area contributed by atoms with Crippen LogP contribution in [-0.2, 0) is 14.6 Å².